The van der Waals surface area contributed by atoms with Gasteiger partial charge >= 0.3 is 0 Å². The summed E-state index contributed by atoms with van der Waals surface area (Å²) in [5.41, 5.74) is 0.874. The summed E-state index contributed by atoms with van der Waals surface area (Å²) in [5, 5.41) is 4.10. The van der Waals surface area contributed by atoms with E-state index in [9.17, 15) is 4.79 Å². The van der Waals surface area contributed by atoms with E-state index in [2.05, 4.69) is 15.3 Å². The number of carbonyl (C=O) groups is 1. The molecule has 1 amide bonds. The van der Waals surface area contributed by atoms with Crippen LogP contribution in [-0.4, -0.2) is 61.2 Å². The summed E-state index contributed by atoms with van der Waals surface area (Å²) >= 11 is 1.39. The van der Waals surface area contributed by atoms with Crippen molar-refractivity contribution in [1.29, 1.82) is 0 Å². The van der Waals surface area contributed by atoms with Crippen LogP contribution < -0.4 is 10.1 Å². The molecule has 138 valence electrons. The van der Waals surface area contributed by atoms with Gasteiger partial charge in [-0.25, -0.2) is 4.98 Å². The molecule has 7 nitrogen and oxygen atoms in total. The first-order valence-electron chi connectivity index (χ1n) is 7.87. The highest BCUT2D eigenvalue weighted by molar-refractivity contribution is 7.20. The predicted octanol–water partition coefficient (Wildman–Crippen LogP) is 2.01. The molecule has 25 heavy (non-hydrogen) atoms. The fourth-order valence-electron chi connectivity index (χ4n) is 2.99. The lowest BCUT2D eigenvalue weighted by Gasteiger charge is -2.23. The molecule has 2 aromatic rings. The molecule has 0 spiro atoms. The van der Waals surface area contributed by atoms with Crippen molar-refractivity contribution in [1.82, 2.24) is 20.2 Å². The second kappa shape index (κ2) is 8.27. The molecule has 0 saturated carbocycles. The zero-order valence-electron chi connectivity index (χ0n) is 14.8. The van der Waals surface area contributed by atoms with E-state index in [0.717, 1.165) is 35.3 Å². The van der Waals surface area contributed by atoms with Crippen LogP contribution in [0.15, 0.2) is 0 Å². The highest BCUT2D eigenvalue weighted by atomic mass is 35.5. The number of nitrogens with one attached hydrogen (secondary N) is 1. The van der Waals surface area contributed by atoms with Crippen LogP contribution in [0.25, 0.3) is 10.2 Å². The molecule has 0 bridgehead atoms. The Balaban J connectivity index is 0.00000225. The van der Waals surface area contributed by atoms with Gasteiger partial charge in [-0.2, -0.15) is 4.98 Å². The molecule has 2 aromatic heterocycles. The van der Waals surface area contributed by atoms with E-state index in [1.165, 1.54) is 11.3 Å². The predicted molar refractivity (Wildman–Crippen MR) is 100 cm³/mol. The van der Waals surface area contributed by atoms with Gasteiger partial charge in [0.1, 0.15) is 11.4 Å². The first kappa shape index (κ1) is 19.8. The van der Waals surface area contributed by atoms with Gasteiger partial charge in [0.15, 0.2) is 5.82 Å². The average Bonchev–Trinajstić information content (AvgIpc) is 3.22. The zero-order chi connectivity index (χ0) is 17.3. The summed E-state index contributed by atoms with van der Waals surface area (Å²) in [5.74, 6) is 1.07. The van der Waals surface area contributed by atoms with Crippen LogP contribution in [-0.2, 0) is 11.3 Å². The Kier molecular flexibility index (Phi) is 6.56. The Morgan fingerprint density at radius 1 is 1.40 bits per heavy atom. The summed E-state index contributed by atoms with van der Waals surface area (Å²) in [7, 11) is 5.04. The van der Waals surface area contributed by atoms with Gasteiger partial charge in [-0.3, -0.25) is 4.79 Å². The number of carbonyl (C=O) groups excluding carboxylic acids is 1. The maximum absolute atomic E-state index is 12.9. The van der Waals surface area contributed by atoms with Crippen LogP contribution in [0.2, 0.25) is 0 Å². The van der Waals surface area contributed by atoms with E-state index in [1.54, 1.807) is 14.2 Å². The van der Waals surface area contributed by atoms with Crippen LogP contribution >= 0.6 is 23.7 Å². The number of methoxy groups -OCH3 is 2. The lowest BCUT2D eigenvalue weighted by Crippen LogP contribution is -2.38. The first-order chi connectivity index (χ1) is 11.6. The number of aryl methyl sites for hydroxylation is 1. The molecular weight excluding hydrogens is 364 g/mol. The second-order valence-electron chi connectivity index (χ2n) is 5.88. The van der Waals surface area contributed by atoms with Crippen LogP contribution in [0.4, 0.5) is 0 Å². The Morgan fingerprint density at radius 2 is 2.16 bits per heavy atom. The topological polar surface area (TPSA) is 76.6 Å². The van der Waals surface area contributed by atoms with Gasteiger partial charge in [-0.1, -0.05) is 0 Å². The molecule has 1 atom stereocenters. The number of thiophene rings is 1. The number of rotatable bonds is 5. The number of aromatic nitrogens is 2. The quantitative estimate of drug-likeness (QED) is 0.847. The van der Waals surface area contributed by atoms with Crippen molar-refractivity contribution < 1.29 is 14.3 Å². The van der Waals surface area contributed by atoms with E-state index in [-0.39, 0.29) is 24.4 Å². The Hall–Kier alpha value is -1.48. The maximum Gasteiger partial charge on any atom is 0.264 e. The van der Waals surface area contributed by atoms with Crippen molar-refractivity contribution in [2.75, 3.05) is 34.4 Å². The van der Waals surface area contributed by atoms with E-state index < -0.39 is 0 Å². The Labute approximate surface area is 157 Å². The second-order valence-corrected chi connectivity index (χ2v) is 6.88. The molecule has 0 aliphatic carbocycles. The maximum atomic E-state index is 12.9. The standard InChI is InChI=1S/C16H22N4O3S.ClH/c1-9-12-14(23-4)18-11(8-22-3)19-15(12)24-13(9)16(21)20(2)10-5-6-17-7-10;/h10,17H,5-8H2,1-4H3;1H. The van der Waals surface area contributed by atoms with Gasteiger partial charge in [0.05, 0.1) is 17.4 Å². The molecule has 1 aliphatic rings. The number of likely N-dealkylation sites (N-methyl/N-ethyl adjacent to an activating group) is 1. The minimum absolute atomic E-state index is 0. The summed E-state index contributed by atoms with van der Waals surface area (Å²) in [4.78, 5) is 25.1. The Bertz CT molecular complexity index is 761. The van der Waals surface area contributed by atoms with Crippen LogP contribution in [0.5, 0.6) is 5.88 Å². The number of fused-ring (bicyclic) bond motifs is 1. The van der Waals surface area contributed by atoms with Crippen molar-refractivity contribution in [3.63, 3.8) is 0 Å². The van der Waals surface area contributed by atoms with Crippen molar-refractivity contribution in [2.45, 2.75) is 26.0 Å². The van der Waals surface area contributed by atoms with E-state index >= 15 is 0 Å². The summed E-state index contributed by atoms with van der Waals surface area (Å²) in [6, 6.07) is 0.235. The molecule has 3 rings (SSSR count). The van der Waals surface area contributed by atoms with Crippen molar-refractivity contribution >= 4 is 39.9 Å². The molecule has 0 aromatic carbocycles. The number of hydrogen-bond acceptors (Lipinski definition) is 7. The molecule has 1 unspecified atom stereocenters. The smallest absolute Gasteiger partial charge is 0.264 e. The zero-order valence-corrected chi connectivity index (χ0v) is 16.4. The van der Waals surface area contributed by atoms with Gasteiger partial charge in [-0.15, -0.1) is 23.7 Å². The van der Waals surface area contributed by atoms with Crippen LogP contribution in [0, 0.1) is 6.92 Å². The van der Waals surface area contributed by atoms with Crippen molar-refractivity contribution in [3.05, 3.63) is 16.3 Å². The summed E-state index contributed by atoms with van der Waals surface area (Å²) < 4.78 is 10.5. The monoisotopic (exact) mass is 386 g/mol. The number of amides is 1. The minimum atomic E-state index is 0. The number of halogens is 1. The molecule has 1 N–H and O–H groups in total. The summed E-state index contributed by atoms with van der Waals surface area (Å²) in [6.07, 6.45) is 0.979. The Morgan fingerprint density at radius 3 is 2.76 bits per heavy atom. The van der Waals surface area contributed by atoms with E-state index in [1.807, 2.05) is 18.9 Å². The van der Waals surface area contributed by atoms with Gasteiger partial charge in [0.25, 0.3) is 5.91 Å². The summed E-state index contributed by atoms with van der Waals surface area (Å²) in [6.45, 7) is 4.02. The number of ether oxygens (including phenoxy) is 2. The molecule has 3 heterocycles. The van der Waals surface area contributed by atoms with Crippen molar-refractivity contribution in [3.8, 4) is 5.88 Å². The highest BCUT2D eigenvalue weighted by Gasteiger charge is 2.28. The number of hydrogen-bond donors (Lipinski definition) is 1. The normalized spacial score (nSPS) is 16.7. The van der Waals surface area contributed by atoms with Gasteiger partial charge in [-0.05, 0) is 25.5 Å². The van der Waals surface area contributed by atoms with Gasteiger partial charge in [0.2, 0.25) is 5.88 Å². The first-order valence-corrected chi connectivity index (χ1v) is 8.69. The number of nitrogens with zero attached hydrogens (tertiary/aromatic N) is 3. The van der Waals surface area contributed by atoms with E-state index in [0.29, 0.717) is 23.2 Å². The molecule has 1 saturated heterocycles. The fourth-order valence-corrected chi connectivity index (χ4v) is 4.16. The third-order valence-corrected chi connectivity index (χ3v) is 5.54. The van der Waals surface area contributed by atoms with E-state index in [4.69, 9.17) is 9.47 Å². The lowest BCUT2D eigenvalue weighted by molar-refractivity contribution is 0.0748. The van der Waals surface area contributed by atoms with Crippen LogP contribution in [0.1, 0.15) is 27.5 Å². The van der Waals surface area contributed by atoms with Gasteiger partial charge in [0, 0.05) is 26.7 Å². The third kappa shape index (κ3) is 3.72. The molecule has 0 radical (unpaired) electrons. The molecular formula is C16H23ClN4O3S. The lowest BCUT2D eigenvalue weighted by atomic mass is 10.1. The van der Waals surface area contributed by atoms with Gasteiger partial charge < -0.3 is 19.7 Å². The SMILES string of the molecule is COCc1nc(OC)c2c(C)c(C(=O)N(C)C3CCNC3)sc2n1.Cl. The van der Waals surface area contributed by atoms with Crippen LogP contribution in [0.3, 0.4) is 0 Å². The largest absolute Gasteiger partial charge is 0.480 e. The fraction of sp³-hybridized carbons (Fsp3) is 0.562. The third-order valence-electron chi connectivity index (χ3n) is 4.37. The van der Waals surface area contributed by atoms with Crippen molar-refractivity contribution in [2.24, 2.45) is 0 Å². The molecule has 9 heteroatoms. The minimum Gasteiger partial charge on any atom is -0.480 e. The highest BCUT2D eigenvalue weighted by Crippen LogP contribution is 2.35. The molecule has 1 aliphatic heterocycles. The molecule has 1 fully saturated rings. The average molecular weight is 387 g/mol.